The number of nitrogens with zero attached hydrogens (tertiary/aromatic N) is 1. The van der Waals surface area contributed by atoms with Gasteiger partial charge >= 0.3 is 0 Å². The monoisotopic (exact) mass is 454 g/mol. The number of hydrogen-bond donors (Lipinski definition) is 1. The van der Waals surface area contributed by atoms with Crippen LogP contribution in [-0.2, 0) is 22.4 Å². The Morgan fingerprint density at radius 2 is 1.52 bits per heavy atom. The lowest BCUT2D eigenvalue weighted by atomic mass is 10.0. The number of para-hydroxylation sites is 2. The molecule has 0 atom stereocenters. The van der Waals surface area contributed by atoms with E-state index in [4.69, 9.17) is 34.8 Å². The zero-order chi connectivity index (χ0) is 21.1. The highest BCUT2D eigenvalue weighted by molar-refractivity contribution is 6.67. The molecule has 0 saturated heterocycles. The second-order valence-corrected chi connectivity index (χ2v) is 7.54. The van der Waals surface area contributed by atoms with Crippen molar-refractivity contribution in [2.45, 2.75) is 25.7 Å². The molecule has 4 rings (SSSR count). The van der Waals surface area contributed by atoms with Crippen LogP contribution in [0.15, 0.2) is 48.5 Å². The van der Waals surface area contributed by atoms with Gasteiger partial charge in [-0.15, -0.1) is 23.2 Å². The Labute approximate surface area is 187 Å². The number of fused-ring (bicyclic) bond motifs is 2. The van der Waals surface area contributed by atoms with Crippen LogP contribution in [0.3, 0.4) is 0 Å². The van der Waals surface area contributed by atoms with Gasteiger partial charge in [0, 0.05) is 24.5 Å². The lowest BCUT2D eigenvalue weighted by Gasteiger charge is -2.28. The van der Waals surface area contributed by atoms with Crippen molar-refractivity contribution in [2.24, 2.45) is 0 Å². The highest BCUT2D eigenvalue weighted by Crippen LogP contribution is 2.26. The molecule has 0 saturated carbocycles. The maximum atomic E-state index is 11.5. The van der Waals surface area contributed by atoms with Gasteiger partial charge < -0.3 is 10.2 Å². The second-order valence-electron chi connectivity index (χ2n) is 6.59. The normalized spacial score (nSPS) is 14.0. The summed E-state index contributed by atoms with van der Waals surface area (Å²) in [5, 5.41) is 2.85. The minimum Gasteiger partial charge on any atom is -0.385 e. The molecule has 2 aromatic rings. The number of anilines is 2. The summed E-state index contributed by atoms with van der Waals surface area (Å²) < 4.78 is 0. The number of carbonyl (C=O) groups excluding carboxylic acids is 2. The Balaban J connectivity index is 0.000000175. The Kier molecular flexibility index (Phi) is 10.3. The predicted octanol–water partition coefficient (Wildman–Crippen LogP) is 5.24. The molecule has 0 aromatic heterocycles. The highest BCUT2D eigenvalue weighted by Gasteiger charge is 2.20. The van der Waals surface area contributed by atoms with Crippen LogP contribution >= 0.6 is 34.8 Å². The molecule has 0 spiro atoms. The third kappa shape index (κ3) is 7.54. The summed E-state index contributed by atoms with van der Waals surface area (Å²) >= 11 is 15.1. The van der Waals surface area contributed by atoms with E-state index < -0.39 is 5.24 Å². The molecule has 4 nitrogen and oxygen atoms in total. The minimum absolute atomic E-state index is 0.00110. The molecule has 0 radical (unpaired) electrons. The summed E-state index contributed by atoms with van der Waals surface area (Å²) in [6.45, 7) is 1.93. The summed E-state index contributed by atoms with van der Waals surface area (Å²) in [5.41, 5.74) is 5.07. The molecular weight excluding hydrogens is 431 g/mol. The fourth-order valence-electron chi connectivity index (χ4n) is 3.28. The summed E-state index contributed by atoms with van der Waals surface area (Å²) in [7, 11) is 0. The molecule has 2 aliphatic rings. The maximum Gasteiger partial charge on any atom is 0.241 e. The molecule has 0 unspecified atom stereocenters. The second kappa shape index (κ2) is 12.7. The van der Waals surface area contributed by atoms with Gasteiger partial charge in [0.15, 0.2) is 0 Å². The van der Waals surface area contributed by atoms with Crippen LogP contribution in [0.1, 0.15) is 24.0 Å². The summed E-state index contributed by atoms with van der Waals surface area (Å²) in [5.74, 6) is -0.0330. The lowest BCUT2D eigenvalue weighted by Crippen LogP contribution is -2.36. The van der Waals surface area contributed by atoms with Crippen molar-refractivity contribution in [3.63, 3.8) is 0 Å². The van der Waals surface area contributed by atoms with Gasteiger partial charge in [0.2, 0.25) is 11.1 Å². The van der Waals surface area contributed by atoms with Crippen LogP contribution in [0.5, 0.6) is 0 Å². The average Bonchev–Trinajstić information content (AvgIpc) is 2.79. The lowest BCUT2D eigenvalue weighted by molar-refractivity contribution is -0.116. The Bertz CT molecular complexity index is 789. The van der Waals surface area contributed by atoms with Gasteiger partial charge in [0.05, 0.1) is 5.88 Å². The van der Waals surface area contributed by atoms with Crippen molar-refractivity contribution in [1.29, 1.82) is 0 Å². The predicted molar refractivity (Wildman–Crippen MR) is 123 cm³/mol. The maximum absolute atomic E-state index is 11.5. The summed E-state index contributed by atoms with van der Waals surface area (Å²) in [6.07, 6.45) is 4.60. The van der Waals surface area contributed by atoms with Gasteiger partial charge in [-0.25, -0.2) is 0 Å². The molecule has 29 heavy (non-hydrogen) atoms. The quantitative estimate of drug-likeness (QED) is 0.497. The van der Waals surface area contributed by atoms with E-state index in [1.807, 2.05) is 18.2 Å². The SMILES string of the molecule is O=C(CCl)N1CCCc2ccccc21.O=C(Cl)CCl.c1ccc2c(c1)CCCN2. The molecule has 2 aromatic carbocycles. The first-order valence-electron chi connectivity index (χ1n) is 9.57. The number of benzene rings is 2. The third-order valence-corrected chi connectivity index (χ3v) is 5.33. The first-order valence-corrected chi connectivity index (χ1v) is 11.0. The standard InChI is InChI=1S/C11H12ClNO.C9H11N.C2H2Cl2O/c12-8-11(14)13-7-3-5-9-4-1-2-6-10(9)13;1-2-6-9-8(4-1)5-3-7-10-9;3-1-2(4)5/h1-2,4,6H,3,5,7-8H2;1-2,4,6,10H,3,5,7H2;1H2. The fraction of sp³-hybridized carbons (Fsp3) is 0.364. The van der Waals surface area contributed by atoms with Crippen molar-refractivity contribution in [3.8, 4) is 0 Å². The van der Waals surface area contributed by atoms with Crippen LogP contribution in [0.4, 0.5) is 11.4 Å². The Morgan fingerprint density at radius 1 is 0.897 bits per heavy atom. The first-order chi connectivity index (χ1) is 14.1. The average molecular weight is 456 g/mol. The zero-order valence-corrected chi connectivity index (χ0v) is 18.4. The van der Waals surface area contributed by atoms with Gasteiger partial charge in [-0.05, 0) is 60.5 Å². The Morgan fingerprint density at radius 3 is 2.17 bits per heavy atom. The van der Waals surface area contributed by atoms with Crippen LogP contribution in [0, 0.1) is 0 Å². The van der Waals surface area contributed by atoms with Gasteiger partial charge in [0.25, 0.3) is 0 Å². The van der Waals surface area contributed by atoms with Crippen molar-refractivity contribution in [2.75, 3.05) is 35.1 Å². The van der Waals surface area contributed by atoms with Crippen LogP contribution in [0.2, 0.25) is 0 Å². The van der Waals surface area contributed by atoms with E-state index >= 15 is 0 Å². The van der Waals surface area contributed by atoms with Gasteiger partial charge in [-0.3, -0.25) is 9.59 Å². The van der Waals surface area contributed by atoms with Crippen LogP contribution in [0.25, 0.3) is 0 Å². The first kappa shape index (κ1) is 23.5. The minimum atomic E-state index is -0.508. The summed E-state index contributed by atoms with van der Waals surface area (Å²) in [6, 6.07) is 16.5. The molecular formula is C22H25Cl3N2O2. The molecule has 156 valence electrons. The number of carbonyl (C=O) groups is 2. The van der Waals surface area contributed by atoms with Gasteiger partial charge in [-0.1, -0.05) is 36.4 Å². The molecule has 0 fully saturated rings. The van der Waals surface area contributed by atoms with Crippen molar-refractivity contribution >= 4 is 57.3 Å². The zero-order valence-electron chi connectivity index (χ0n) is 16.2. The Hall–Kier alpha value is -1.75. The number of aryl methyl sites for hydroxylation is 2. The van der Waals surface area contributed by atoms with E-state index in [9.17, 15) is 9.59 Å². The molecule has 2 aliphatic heterocycles. The number of alkyl halides is 2. The third-order valence-electron chi connectivity index (χ3n) is 4.59. The number of amides is 1. The number of hydrogen-bond acceptors (Lipinski definition) is 3. The van der Waals surface area contributed by atoms with E-state index in [0.29, 0.717) is 0 Å². The van der Waals surface area contributed by atoms with E-state index in [1.54, 1.807) is 4.90 Å². The van der Waals surface area contributed by atoms with E-state index in [-0.39, 0.29) is 17.7 Å². The molecule has 1 amide bonds. The largest absolute Gasteiger partial charge is 0.385 e. The van der Waals surface area contributed by atoms with E-state index in [2.05, 4.69) is 35.6 Å². The highest BCUT2D eigenvalue weighted by atomic mass is 35.5. The summed E-state index contributed by atoms with van der Waals surface area (Å²) in [4.78, 5) is 22.8. The molecule has 0 bridgehead atoms. The molecule has 7 heteroatoms. The van der Waals surface area contributed by atoms with Crippen LogP contribution in [-0.4, -0.2) is 36.0 Å². The van der Waals surface area contributed by atoms with Crippen molar-refractivity contribution < 1.29 is 9.59 Å². The smallest absolute Gasteiger partial charge is 0.241 e. The van der Waals surface area contributed by atoms with Crippen molar-refractivity contribution in [1.82, 2.24) is 0 Å². The molecule has 0 aliphatic carbocycles. The van der Waals surface area contributed by atoms with Crippen LogP contribution < -0.4 is 10.2 Å². The molecule has 1 N–H and O–H groups in total. The topological polar surface area (TPSA) is 49.4 Å². The number of nitrogens with one attached hydrogen (secondary N) is 1. The van der Waals surface area contributed by atoms with Gasteiger partial charge in [0.1, 0.15) is 5.88 Å². The van der Waals surface area contributed by atoms with E-state index in [0.717, 1.165) is 31.6 Å². The van der Waals surface area contributed by atoms with Gasteiger partial charge in [-0.2, -0.15) is 0 Å². The van der Waals surface area contributed by atoms with E-state index in [1.165, 1.54) is 29.7 Å². The van der Waals surface area contributed by atoms with Crippen molar-refractivity contribution in [3.05, 3.63) is 59.7 Å². The fourth-order valence-corrected chi connectivity index (χ4v) is 3.42. The number of halogens is 3. The number of rotatable bonds is 2. The molecule has 2 heterocycles.